The van der Waals surface area contributed by atoms with Crippen LogP contribution in [0.15, 0.2) is 84.2 Å². The summed E-state index contributed by atoms with van der Waals surface area (Å²) < 4.78 is 11.6. The van der Waals surface area contributed by atoms with Gasteiger partial charge in [-0.2, -0.15) is 0 Å². The molecule has 0 atom stereocenters. The van der Waals surface area contributed by atoms with E-state index in [1.807, 2.05) is 66.9 Å². The molecule has 0 fully saturated rings. The minimum absolute atomic E-state index is 0.221. The summed E-state index contributed by atoms with van der Waals surface area (Å²) in [5.74, 6) is 1.75. The van der Waals surface area contributed by atoms with Gasteiger partial charge in [-0.05, 0) is 55.5 Å². The number of thiazole rings is 1. The highest BCUT2D eigenvalue weighted by molar-refractivity contribution is 7.09. The van der Waals surface area contributed by atoms with Gasteiger partial charge in [-0.3, -0.25) is 4.79 Å². The average molecular weight is 417 g/mol. The van der Waals surface area contributed by atoms with Crippen molar-refractivity contribution < 1.29 is 14.3 Å². The molecule has 0 radical (unpaired) electrons. The van der Waals surface area contributed by atoms with E-state index in [0.29, 0.717) is 35.1 Å². The van der Waals surface area contributed by atoms with Gasteiger partial charge in [0.15, 0.2) is 5.75 Å². The summed E-state index contributed by atoms with van der Waals surface area (Å²) in [4.78, 5) is 17.1. The normalized spacial score (nSPS) is 10.4. The molecule has 0 saturated carbocycles. The highest BCUT2D eigenvalue weighted by Crippen LogP contribution is 2.29. The van der Waals surface area contributed by atoms with Crippen molar-refractivity contribution >= 4 is 22.9 Å². The van der Waals surface area contributed by atoms with Crippen LogP contribution in [-0.2, 0) is 6.61 Å². The number of anilines is 1. The topological polar surface area (TPSA) is 60.5 Å². The zero-order valence-electron chi connectivity index (χ0n) is 16.4. The van der Waals surface area contributed by atoms with Crippen LogP contribution in [0, 0.1) is 6.92 Å². The Morgan fingerprint density at radius 1 is 0.933 bits per heavy atom. The SMILES string of the molecule is Cc1nc(COc2ccc(C(=O)Nc3ccccc3Oc3ccccc3)cc2)cs1. The van der Waals surface area contributed by atoms with Crippen LogP contribution in [0.4, 0.5) is 5.69 Å². The quantitative estimate of drug-likeness (QED) is 0.397. The van der Waals surface area contributed by atoms with Crippen molar-refractivity contribution in [1.82, 2.24) is 4.98 Å². The van der Waals surface area contributed by atoms with Crippen LogP contribution in [0.25, 0.3) is 0 Å². The number of para-hydroxylation sites is 3. The van der Waals surface area contributed by atoms with Gasteiger partial charge in [0.05, 0.1) is 16.4 Å². The van der Waals surface area contributed by atoms with Crippen molar-refractivity contribution in [1.29, 1.82) is 0 Å². The maximum absolute atomic E-state index is 12.7. The number of hydrogen-bond donors (Lipinski definition) is 1. The lowest BCUT2D eigenvalue weighted by Crippen LogP contribution is -2.12. The molecule has 1 amide bonds. The minimum atomic E-state index is -0.221. The molecule has 1 N–H and O–H groups in total. The Balaban J connectivity index is 1.40. The number of benzene rings is 3. The predicted molar refractivity (Wildman–Crippen MR) is 119 cm³/mol. The predicted octanol–water partition coefficient (Wildman–Crippen LogP) is 6.08. The molecule has 1 heterocycles. The van der Waals surface area contributed by atoms with Crippen LogP contribution >= 0.6 is 11.3 Å². The summed E-state index contributed by atoms with van der Waals surface area (Å²) >= 11 is 1.59. The van der Waals surface area contributed by atoms with Crippen molar-refractivity contribution in [3.05, 3.63) is 101 Å². The first kappa shape index (κ1) is 19.7. The Bertz CT molecular complexity index is 1120. The number of ether oxygens (including phenoxy) is 2. The number of nitrogens with zero attached hydrogens (tertiary/aromatic N) is 1. The Morgan fingerprint density at radius 2 is 1.67 bits per heavy atom. The number of carbonyl (C=O) groups excluding carboxylic acids is 1. The second-order valence-corrected chi connectivity index (χ2v) is 7.60. The van der Waals surface area contributed by atoms with Gasteiger partial charge in [-0.25, -0.2) is 4.98 Å². The zero-order chi connectivity index (χ0) is 20.8. The molecule has 3 aromatic carbocycles. The third kappa shape index (κ3) is 5.04. The van der Waals surface area contributed by atoms with E-state index in [-0.39, 0.29) is 5.91 Å². The van der Waals surface area contributed by atoms with Gasteiger partial charge in [0.2, 0.25) is 0 Å². The molecule has 0 bridgehead atoms. The molecule has 6 heteroatoms. The number of aromatic nitrogens is 1. The molecule has 0 unspecified atom stereocenters. The second kappa shape index (κ2) is 9.24. The van der Waals surface area contributed by atoms with Crippen LogP contribution in [0.2, 0.25) is 0 Å². The lowest BCUT2D eigenvalue weighted by atomic mass is 10.2. The van der Waals surface area contributed by atoms with Gasteiger partial charge in [0.25, 0.3) is 5.91 Å². The fourth-order valence-electron chi connectivity index (χ4n) is 2.80. The van der Waals surface area contributed by atoms with E-state index >= 15 is 0 Å². The molecule has 4 rings (SSSR count). The lowest BCUT2D eigenvalue weighted by molar-refractivity contribution is 0.102. The first-order valence-electron chi connectivity index (χ1n) is 9.44. The lowest BCUT2D eigenvalue weighted by Gasteiger charge is -2.12. The van der Waals surface area contributed by atoms with Gasteiger partial charge in [-0.15, -0.1) is 11.3 Å². The number of nitrogens with one attached hydrogen (secondary N) is 1. The van der Waals surface area contributed by atoms with Gasteiger partial charge >= 0.3 is 0 Å². The number of carbonyl (C=O) groups is 1. The summed E-state index contributed by atoms with van der Waals surface area (Å²) in [6.07, 6.45) is 0. The van der Waals surface area contributed by atoms with E-state index in [2.05, 4.69) is 10.3 Å². The summed E-state index contributed by atoms with van der Waals surface area (Å²) in [6.45, 7) is 2.37. The van der Waals surface area contributed by atoms with E-state index in [0.717, 1.165) is 10.7 Å². The summed E-state index contributed by atoms with van der Waals surface area (Å²) in [6, 6.07) is 23.8. The van der Waals surface area contributed by atoms with Crippen molar-refractivity contribution in [3.8, 4) is 17.2 Å². The third-order valence-electron chi connectivity index (χ3n) is 4.28. The Morgan fingerprint density at radius 3 is 2.40 bits per heavy atom. The highest BCUT2D eigenvalue weighted by Gasteiger charge is 2.11. The van der Waals surface area contributed by atoms with Crippen LogP contribution in [0.1, 0.15) is 21.1 Å². The van der Waals surface area contributed by atoms with Crippen molar-refractivity contribution in [2.75, 3.05) is 5.32 Å². The fraction of sp³-hybridized carbons (Fsp3) is 0.0833. The number of rotatable bonds is 7. The first-order chi connectivity index (χ1) is 14.7. The molecule has 4 aromatic rings. The van der Waals surface area contributed by atoms with E-state index < -0.39 is 0 Å². The van der Waals surface area contributed by atoms with Crippen LogP contribution in [-0.4, -0.2) is 10.9 Å². The number of amides is 1. The molecule has 0 spiro atoms. The number of hydrogen-bond acceptors (Lipinski definition) is 5. The molecule has 5 nitrogen and oxygen atoms in total. The molecular formula is C24H20N2O3S. The van der Waals surface area contributed by atoms with Gasteiger partial charge in [0.1, 0.15) is 18.1 Å². The average Bonchev–Trinajstić information content (AvgIpc) is 3.20. The van der Waals surface area contributed by atoms with Crippen LogP contribution < -0.4 is 14.8 Å². The minimum Gasteiger partial charge on any atom is -0.487 e. The third-order valence-corrected chi connectivity index (χ3v) is 5.10. The highest BCUT2D eigenvalue weighted by atomic mass is 32.1. The summed E-state index contributed by atoms with van der Waals surface area (Å²) in [5.41, 5.74) is 2.03. The van der Waals surface area contributed by atoms with Gasteiger partial charge in [0, 0.05) is 10.9 Å². The maximum atomic E-state index is 12.7. The van der Waals surface area contributed by atoms with Crippen LogP contribution in [0.3, 0.4) is 0 Å². The summed E-state index contributed by atoms with van der Waals surface area (Å²) in [5, 5.41) is 5.90. The zero-order valence-corrected chi connectivity index (χ0v) is 17.2. The van der Waals surface area contributed by atoms with E-state index in [4.69, 9.17) is 9.47 Å². The molecule has 30 heavy (non-hydrogen) atoms. The number of aryl methyl sites for hydroxylation is 1. The molecule has 0 saturated heterocycles. The Labute approximate surface area is 178 Å². The van der Waals surface area contributed by atoms with Crippen molar-refractivity contribution in [3.63, 3.8) is 0 Å². The largest absolute Gasteiger partial charge is 0.487 e. The maximum Gasteiger partial charge on any atom is 0.255 e. The molecule has 1 aromatic heterocycles. The van der Waals surface area contributed by atoms with Gasteiger partial charge < -0.3 is 14.8 Å². The smallest absolute Gasteiger partial charge is 0.255 e. The van der Waals surface area contributed by atoms with Gasteiger partial charge in [-0.1, -0.05) is 30.3 Å². The van der Waals surface area contributed by atoms with Crippen molar-refractivity contribution in [2.45, 2.75) is 13.5 Å². The molecule has 0 aliphatic heterocycles. The van der Waals surface area contributed by atoms with E-state index in [9.17, 15) is 4.79 Å². The molecule has 0 aliphatic carbocycles. The fourth-order valence-corrected chi connectivity index (χ4v) is 3.40. The Hall–Kier alpha value is -3.64. The van der Waals surface area contributed by atoms with E-state index in [1.54, 1.807) is 35.6 Å². The van der Waals surface area contributed by atoms with Crippen molar-refractivity contribution in [2.24, 2.45) is 0 Å². The first-order valence-corrected chi connectivity index (χ1v) is 10.3. The molecule has 150 valence electrons. The summed E-state index contributed by atoms with van der Waals surface area (Å²) in [7, 11) is 0. The monoisotopic (exact) mass is 416 g/mol. The Kier molecular flexibility index (Phi) is 6.06. The second-order valence-electron chi connectivity index (χ2n) is 6.54. The standard InChI is InChI=1S/C24H20N2O3S/c1-17-25-19(16-30-17)15-28-20-13-11-18(12-14-20)24(27)26-22-9-5-6-10-23(22)29-21-7-3-2-4-8-21/h2-14,16H,15H2,1H3,(H,26,27). The van der Waals surface area contributed by atoms with Crippen LogP contribution in [0.5, 0.6) is 17.2 Å². The molecular weight excluding hydrogens is 396 g/mol. The molecule has 0 aliphatic rings. The van der Waals surface area contributed by atoms with E-state index in [1.165, 1.54) is 0 Å².